The topological polar surface area (TPSA) is 96.7 Å². The van der Waals surface area contributed by atoms with Gasteiger partial charge in [-0.3, -0.25) is 4.98 Å². The second kappa shape index (κ2) is 2.74. The third kappa shape index (κ3) is 1.41. The number of nitrogen functional groups attached to an aromatic ring is 1. The van der Waals surface area contributed by atoms with Crippen LogP contribution in [0.15, 0.2) is 25.0 Å². The van der Waals surface area contributed by atoms with Crippen molar-refractivity contribution in [3.05, 3.63) is 22.1 Å². The van der Waals surface area contributed by atoms with E-state index in [1.54, 1.807) is 0 Å². The summed E-state index contributed by atoms with van der Waals surface area (Å²) in [6.45, 7) is 0. The van der Waals surface area contributed by atoms with Crippen LogP contribution in [0, 0.1) is 0 Å². The minimum atomic E-state index is -0.588. The van der Waals surface area contributed by atoms with Crippen molar-refractivity contribution in [3.63, 3.8) is 0 Å². The molecule has 0 fully saturated rings. The lowest BCUT2D eigenvalue weighted by Gasteiger charge is -1.87. The lowest BCUT2D eigenvalue weighted by atomic mass is 10.4. The molecule has 0 unspecified atom stereocenters. The maximum Gasteiger partial charge on any atom is 0.418 e. The Morgan fingerprint density at radius 1 is 1.46 bits per heavy atom. The van der Waals surface area contributed by atoms with Crippen LogP contribution < -0.4 is 11.5 Å². The van der Waals surface area contributed by atoms with E-state index in [9.17, 15) is 4.79 Å². The highest BCUT2D eigenvalue weighted by molar-refractivity contribution is 6.18. The number of aromatic amines is 1. The summed E-state index contributed by atoms with van der Waals surface area (Å²) in [5, 5.41) is 0. The number of oxazole rings is 1. The zero-order valence-corrected chi connectivity index (χ0v) is 6.52. The van der Waals surface area contributed by atoms with Gasteiger partial charge in [-0.2, -0.15) is 0 Å². The fraction of sp³-hybridized carbons (Fsp3) is 0. The van der Waals surface area contributed by atoms with Crippen LogP contribution in [0.1, 0.15) is 5.76 Å². The van der Waals surface area contributed by atoms with Crippen molar-refractivity contribution < 1.29 is 4.42 Å². The van der Waals surface area contributed by atoms with Crippen LogP contribution >= 0.6 is 0 Å². The van der Waals surface area contributed by atoms with Crippen molar-refractivity contribution in [2.75, 3.05) is 5.73 Å². The summed E-state index contributed by atoms with van der Waals surface area (Å²) in [6.07, 6.45) is 4.55. The lowest BCUT2D eigenvalue weighted by molar-refractivity contribution is 0.507. The summed E-state index contributed by atoms with van der Waals surface area (Å²) >= 11 is 0. The van der Waals surface area contributed by atoms with E-state index in [0.29, 0.717) is 5.82 Å². The molecule has 0 radical (unpaired) electrons. The van der Waals surface area contributed by atoms with Crippen LogP contribution in [0.25, 0.3) is 6.08 Å². The first kappa shape index (κ1) is 7.53. The summed E-state index contributed by atoms with van der Waals surface area (Å²) in [7, 11) is 0. The van der Waals surface area contributed by atoms with E-state index in [0.717, 1.165) is 0 Å². The molecule has 1 aromatic rings. The molecule has 0 amide bonds. The van der Waals surface area contributed by atoms with Crippen LogP contribution in [0.3, 0.4) is 0 Å². The zero-order chi connectivity index (χ0) is 9.26. The van der Waals surface area contributed by atoms with E-state index in [1.165, 1.54) is 18.5 Å². The van der Waals surface area contributed by atoms with Gasteiger partial charge >= 0.3 is 5.76 Å². The Bertz CT molecular complexity index is 449. The standard InChI is InChI=1S/C7H6N4O2/c8-6-4(13-7(12)11-6)3-5-9-1-2-10-5/h1-3H,8H2,(H,11,12). The average molecular weight is 178 g/mol. The molecule has 0 atom stereocenters. The van der Waals surface area contributed by atoms with Gasteiger partial charge in [0.2, 0.25) is 0 Å². The quantitative estimate of drug-likeness (QED) is 0.633. The number of aromatic nitrogens is 1. The molecule has 0 saturated heterocycles. The molecule has 6 heteroatoms. The number of rotatable bonds is 1. The average Bonchev–Trinajstić information content (AvgIpc) is 2.63. The Hall–Kier alpha value is -2.11. The number of anilines is 1. The first-order valence-corrected chi connectivity index (χ1v) is 3.53. The fourth-order valence-corrected chi connectivity index (χ4v) is 0.904. The van der Waals surface area contributed by atoms with Crippen molar-refractivity contribution in [2.24, 2.45) is 9.98 Å². The summed E-state index contributed by atoms with van der Waals surface area (Å²) in [6, 6.07) is 0. The molecule has 6 nitrogen and oxygen atoms in total. The van der Waals surface area contributed by atoms with Crippen molar-refractivity contribution in [3.8, 4) is 0 Å². The molecule has 0 aromatic carbocycles. The maximum atomic E-state index is 10.7. The van der Waals surface area contributed by atoms with Gasteiger partial charge in [0.05, 0.1) is 0 Å². The molecule has 3 N–H and O–H groups in total. The summed E-state index contributed by atoms with van der Waals surface area (Å²) < 4.78 is 4.72. The molecule has 0 aliphatic carbocycles. The first-order valence-electron chi connectivity index (χ1n) is 3.53. The molecule has 0 saturated carbocycles. The van der Waals surface area contributed by atoms with Gasteiger partial charge in [-0.15, -0.1) is 0 Å². The third-order valence-corrected chi connectivity index (χ3v) is 1.45. The van der Waals surface area contributed by atoms with Crippen LogP contribution in [0.5, 0.6) is 0 Å². The highest BCUT2D eigenvalue weighted by Gasteiger charge is 2.05. The number of hydrogen-bond acceptors (Lipinski definition) is 5. The minimum absolute atomic E-state index is 0.176. The minimum Gasteiger partial charge on any atom is -0.406 e. The number of aliphatic imine (C=N–C) groups is 2. The van der Waals surface area contributed by atoms with E-state index >= 15 is 0 Å². The normalized spacial score (nSPS) is 14.0. The van der Waals surface area contributed by atoms with Crippen LogP contribution in [0.2, 0.25) is 0 Å². The Morgan fingerprint density at radius 2 is 2.15 bits per heavy atom. The van der Waals surface area contributed by atoms with E-state index in [-0.39, 0.29) is 11.6 Å². The Balaban J connectivity index is 2.42. The fourth-order valence-electron chi connectivity index (χ4n) is 0.904. The monoisotopic (exact) mass is 178 g/mol. The zero-order valence-electron chi connectivity index (χ0n) is 6.52. The number of H-pyrrole nitrogens is 1. The van der Waals surface area contributed by atoms with E-state index < -0.39 is 5.76 Å². The second-order valence-corrected chi connectivity index (χ2v) is 2.35. The van der Waals surface area contributed by atoms with Gasteiger partial charge in [0, 0.05) is 18.5 Å². The summed E-state index contributed by atoms with van der Waals surface area (Å²) in [5.41, 5.74) is 5.42. The molecule has 2 heterocycles. The van der Waals surface area contributed by atoms with Gasteiger partial charge in [0.25, 0.3) is 0 Å². The summed E-state index contributed by atoms with van der Waals surface area (Å²) in [4.78, 5) is 20.7. The molecule has 0 spiro atoms. The van der Waals surface area contributed by atoms with Crippen LogP contribution in [-0.2, 0) is 0 Å². The Labute approximate surface area is 72.5 Å². The van der Waals surface area contributed by atoms with Crippen molar-refractivity contribution >= 4 is 24.3 Å². The van der Waals surface area contributed by atoms with Crippen LogP contribution in [0.4, 0.5) is 5.82 Å². The predicted molar refractivity (Wildman–Crippen MR) is 48.7 cm³/mol. The highest BCUT2D eigenvalue weighted by Crippen LogP contribution is 2.13. The molecule has 13 heavy (non-hydrogen) atoms. The predicted octanol–water partition coefficient (Wildman–Crippen LogP) is 0.00370. The van der Waals surface area contributed by atoms with Crippen molar-refractivity contribution in [1.82, 2.24) is 4.98 Å². The Kier molecular flexibility index (Phi) is 1.59. The van der Waals surface area contributed by atoms with Gasteiger partial charge in [0.15, 0.2) is 11.6 Å². The van der Waals surface area contributed by atoms with E-state index in [1.807, 2.05) is 0 Å². The smallest absolute Gasteiger partial charge is 0.406 e. The van der Waals surface area contributed by atoms with E-state index in [4.69, 9.17) is 10.2 Å². The lowest BCUT2D eigenvalue weighted by Crippen LogP contribution is -1.96. The molecular weight excluding hydrogens is 172 g/mol. The molecule has 1 aliphatic rings. The highest BCUT2D eigenvalue weighted by atomic mass is 16.4. The molecular formula is C7H6N4O2. The SMILES string of the molecule is Nc1[nH]c(=O)oc1C=C1N=CC=N1. The van der Waals surface area contributed by atoms with Crippen molar-refractivity contribution in [1.29, 1.82) is 0 Å². The number of nitrogens with one attached hydrogen (secondary N) is 1. The van der Waals surface area contributed by atoms with E-state index in [2.05, 4.69) is 15.0 Å². The molecule has 2 rings (SSSR count). The first-order chi connectivity index (χ1) is 6.25. The number of nitrogens with zero attached hydrogens (tertiary/aromatic N) is 2. The second-order valence-electron chi connectivity index (χ2n) is 2.35. The molecule has 1 aromatic heterocycles. The Morgan fingerprint density at radius 3 is 2.69 bits per heavy atom. The van der Waals surface area contributed by atoms with Gasteiger partial charge in [-0.25, -0.2) is 14.8 Å². The molecule has 66 valence electrons. The van der Waals surface area contributed by atoms with Crippen molar-refractivity contribution in [2.45, 2.75) is 0 Å². The third-order valence-electron chi connectivity index (χ3n) is 1.45. The number of hydrogen-bond donors (Lipinski definition) is 2. The van der Waals surface area contributed by atoms with Gasteiger partial charge < -0.3 is 10.2 Å². The maximum absolute atomic E-state index is 10.7. The van der Waals surface area contributed by atoms with Gasteiger partial charge in [-0.05, 0) is 0 Å². The molecule has 1 aliphatic heterocycles. The van der Waals surface area contributed by atoms with Crippen LogP contribution in [-0.4, -0.2) is 17.4 Å². The number of nitrogens with two attached hydrogens (primary N) is 1. The largest absolute Gasteiger partial charge is 0.418 e. The van der Waals surface area contributed by atoms with Gasteiger partial charge in [0.1, 0.15) is 5.82 Å². The molecule has 0 bridgehead atoms. The summed E-state index contributed by atoms with van der Waals surface area (Å²) in [5.74, 6) is 0.288. The van der Waals surface area contributed by atoms with Gasteiger partial charge in [-0.1, -0.05) is 0 Å².